The number of ether oxygens (including phenoxy) is 1. The number of anilines is 1. The largest absolute Gasteiger partial charge is 0.444 e. The van der Waals surface area contributed by atoms with Crippen LogP contribution in [0.3, 0.4) is 0 Å². The third-order valence-corrected chi connectivity index (χ3v) is 6.26. The molecule has 1 saturated heterocycles. The maximum atomic E-state index is 12.6. The lowest BCUT2D eigenvalue weighted by Gasteiger charge is -2.16. The van der Waals surface area contributed by atoms with Gasteiger partial charge in [-0.1, -0.05) is 6.08 Å². The summed E-state index contributed by atoms with van der Waals surface area (Å²) in [5.74, 6) is 1.53. The average molecular weight is 393 g/mol. The van der Waals surface area contributed by atoms with Crippen molar-refractivity contribution in [3.05, 3.63) is 57.9 Å². The Morgan fingerprint density at radius 1 is 1.39 bits per heavy atom. The van der Waals surface area contributed by atoms with Crippen molar-refractivity contribution in [3.8, 4) is 0 Å². The number of pyridine rings is 1. The first-order valence-electron chi connectivity index (χ1n) is 9.28. The summed E-state index contributed by atoms with van der Waals surface area (Å²) < 4.78 is 4.95. The second-order valence-electron chi connectivity index (χ2n) is 7.39. The summed E-state index contributed by atoms with van der Waals surface area (Å²) in [6, 6.07) is 4.05. The van der Waals surface area contributed by atoms with Crippen LogP contribution in [0.15, 0.2) is 41.2 Å². The van der Waals surface area contributed by atoms with E-state index >= 15 is 0 Å². The lowest BCUT2D eigenvalue weighted by molar-refractivity contribution is -0.125. The SMILES string of the molecule is O=C1Nc2ncc(C=CC(=O)N3CC4C=C(c5ccsc5)CC4C3)cc2CO1. The number of carbonyl (C=O) groups excluding carboxylic acids is 2. The second-order valence-corrected chi connectivity index (χ2v) is 8.17. The third-order valence-electron chi connectivity index (χ3n) is 5.58. The van der Waals surface area contributed by atoms with E-state index in [4.69, 9.17) is 4.74 Å². The number of aromatic nitrogens is 1. The average Bonchev–Trinajstić information content (AvgIpc) is 3.41. The van der Waals surface area contributed by atoms with Gasteiger partial charge in [-0.2, -0.15) is 11.3 Å². The first-order valence-corrected chi connectivity index (χ1v) is 10.2. The number of carbonyl (C=O) groups is 2. The molecular weight excluding hydrogens is 374 g/mol. The smallest absolute Gasteiger partial charge is 0.413 e. The topological polar surface area (TPSA) is 71.5 Å². The molecule has 5 rings (SSSR count). The van der Waals surface area contributed by atoms with Crippen LogP contribution in [-0.2, 0) is 16.1 Å². The number of nitrogens with one attached hydrogen (secondary N) is 1. The van der Waals surface area contributed by atoms with Crippen LogP contribution in [0, 0.1) is 11.8 Å². The van der Waals surface area contributed by atoms with Gasteiger partial charge in [-0.25, -0.2) is 9.78 Å². The van der Waals surface area contributed by atoms with E-state index in [1.165, 1.54) is 11.1 Å². The zero-order valence-electron chi connectivity index (χ0n) is 15.1. The normalized spacial score (nSPS) is 23.2. The summed E-state index contributed by atoms with van der Waals surface area (Å²) in [5, 5.41) is 6.86. The highest BCUT2D eigenvalue weighted by Gasteiger charge is 2.37. The molecule has 7 heteroatoms. The first kappa shape index (κ1) is 17.2. The van der Waals surface area contributed by atoms with Crippen molar-refractivity contribution in [2.45, 2.75) is 13.0 Å². The van der Waals surface area contributed by atoms with E-state index in [1.54, 1.807) is 29.7 Å². The van der Waals surface area contributed by atoms with Crippen LogP contribution in [0.4, 0.5) is 10.6 Å². The van der Waals surface area contributed by atoms with Gasteiger partial charge in [-0.05, 0) is 63.9 Å². The Morgan fingerprint density at radius 3 is 3.14 bits per heavy atom. The number of allylic oxidation sites excluding steroid dienone is 1. The Bertz CT molecular complexity index is 996. The number of hydrogen-bond acceptors (Lipinski definition) is 5. The van der Waals surface area contributed by atoms with E-state index < -0.39 is 6.09 Å². The molecule has 0 bridgehead atoms. The van der Waals surface area contributed by atoms with Crippen molar-refractivity contribution in [1.29, 1.82) is 0 Å². The molecule has 1 aliphatic carbocycles. The van der Waals surface area contributed by atoms with Crippen molar-refractivity contribution in [2.24, 2.45) is 11.8 Å². The highest BCUT2D eigenvalue weighted by atomic mass is 32.1. The summed E-state index contributed by atoms with van der Waals surface area (Å²) in [6.45, 7) is 1.78. The number of likely N-dealkylation sites (tertiary alicyclic amines) is 1. The van der Waals surface area contributed by atoms with Crippen LogP contribution in [-0.4, -0.2) is 35.0 Å². The molecule has 0 spiro atoms. The van der Waals surface area contributed by atoms with Gasteiger partial charge in [0.15, 0.2) is 0 Å². The molecule has 2 unspecified atom stereocenters. The summed E-state index contributed by atoms with van der Waals surface area (Å²) >= 11 is 1.73. The molecule has 6 nitrogen and oxygen atoms in total. The van der Waals surface area contributed by atoms with Gasteiger partial charge in [-0.15, -0.1) is 0 Å². The zero-order chi connectivity index (χ0) is 19.1. The predicted octanol–water partition coefficient (Wildman–Crippen LogP) is 3.78. The standard InChI is InChI=1S/C21H19N3O3S/c25-19(2-1-13-5-18-11-27-21(26)23-20(18)22-8-13)24-9-16-6-15(7-17(16)10-24)14-3-4-28-12-14/h1-6,8,12,16-17H,7,9-11H2,(H,22,23,26). The lowest BCUT2D eigenvalue weighted by atomic mass is 9.99. The van der Waals surface area contributed by atoms with E-state index in [0.29, 0.717) is 17.7 Å². The number of rotatable bonds is 3. The van der Waals surface area contributed by atoms with Crippen molar-refractivity contribution in [1.82, 2.24) is 9.88 Å². The molecule has 1 N–H and O–H groups in total. The van der Waals surface area contributed by atoms with Crippen molar-refractivity contribution in [2.75, 3.05) is 18.4 Å². The highest BCUT2D eigenvalue weighted by Crippen LogP contribution is 2.41. The van der Waals surface area contributed by atoms with Crippen LogP contribution in [0.2, 0.25) is 0 Å². The molecule has 1 fully saturated rings. The van der Waals surface area contributed by atoms with Gasteiger partial charge < -0.3 is 9.64 Å². The van der Waals surface area contributed by atoms with Crippen molar-refractivity contribution < 1.29 is 14.3 Å². The minimum Gasteiger partial charge on any atom is -0.444 e. The molecule has 2 amide bonds. The van der Waals surface area contributed by atoms with Gasteiger partial charge in [-0.3, -0.25) is 10.1 Å². The van der Waals surface area contributed by atoms with Crippen LogP contribution in [0.5, 0.6) is 0 Å². The number of thiophene rings is 1. The maximum absolute atomic E-state index is 12.6. The monoisotopic (exact) mass is 393 g/mol. The van der Waals surface area contributed by atoms with Crippen LogP contribution in [0.1, 0.15) is 23.1 Å². The van der Waals surface area contributed by atoms with E-state index in [0.717, 1.165) is 30.6 Å². The summed E-state index contributed by atoms with van der Waals surface area (Å²) in [4.78, 5) is 30.0. The number of nitrogens with zero attached hydrogens (tertiary/aromatic N) is 2. The number of hydrogen-bond donors (Lipinski definition) is 1. The number of cyclic esters (lactones) is 1. The van der Waals surface area contributed by atoms with Gasteiger partial charge >= 0.3 is 6.09 Å². The fourth-order valence-corrected chi connectivity index (χ4v) is 4.82. The Hall–Kier alpha value is -2.93. The minimum atomic E-state index is -0.491. The minimum absolute atomic E-state index is 0.0298. The zero-order valence-corrected chi connectivity index (χ0v) is 15.9. The summed E-state index contributed by atoms with van der Waals surface area (Å²) in [7, 11) is 0. The number of fused-ring (bicyclic) bond motifs is 2. The molecule has 28 heavy (non-hydrogen) atoms. The molecule has 2 atom stereocenters. The number of amides is 2. The molecule has 0 saturated carbocycles. The predicted molar refractivity (Wildman–Crippen MR) is 108 cm³/mol. The lowest BCUT2D eigenvalue weighted by Crippen LogP contribution is -2.27. The summed E-state index contributed by atoms with van der Waals surface area (Å²) in [5.41, 5.74) is 4.37. The van der Waals surface area contributed by atoms with Crippen LogP contribution >= 0.6 is 11.3 Å². The van der Waals surface area contributed by atoms with Crippen molar-refractivity contribution >= 4 is 40.8 Å². The summed E-state index contributed by atoms with van der Waals surface area (Å²) in [6.07, 6.45) is 7.93. The van der Waals surface area contributed by atoms with E-state index in [-0.39, 0.29) is 12.5 Å². The first-order chi connectivity index (χ1) is 13.7. The van der Waals surface area contributed by atoms with E-state index in [1.807, 2.05) is 11.0 Å². The Kier molecular flexibility index (Phi) is 4.24. The Balaban J connectivity index is 1.23. The van der Waals surface area contributed by atoms with Crippen LogP contribution in [0.25, 0.3) is 11.6 Å². The molecular formula is C21H19N3O3S. The van der Waals surface area contributed by atoms with Crippen molar-refractivity contribution in [3.63, 3.8) is 0 Å². The van der Waals surface area contributed by atoms with Gasteiger partial charge in [0.05, 0.1) is 0 Å². The molecule has 142 valence electrons. The Morgan fingerprint density at radius 2 is 2.32 bits per heavy atom. The molecule has 2 aromatic rings. The Labute approximate surface area is 166 Å². The van der Waals surface area contributed by atoms with Gasteiger partial charge in [0.2, 0.25) is 5.91 Å². The molecule has 0 radical (unpaired) electrons. The molecule has 0 aromatic carbocycles. The molecule has 2 aliphatic heterocycles. The highest BCUT2D eigenvalue weighted by molar-refractivity contribution is 7.08. The fourth-order valence-electron chi connectivity index (χ4n) is 4.14. The molecule has 3 aliphatic rings. The van der Waals surface area contributed by atoms with E-state index in [2.05, 4.69) is 33.2 Å². The maximum Gasteiger partial charge on any atom is 0.413 e. The third kappa shape index (κ3) is 3.22. The van der Waals surface area contributed by atoms with Gasteiger partial charge in [0.25, 0.3) is 0 Å². The molecule has 2 aromatic heterocycles. The quantitative estimate of drug-likeness (QED) is 0.806. The molecule has 4 heterocycles. The van der Waals surface area contributed by atoms with E-state index in [9.17, 15) is 9.59 Å². The van der Waals surface area contributed by atoms with Crippen LogP contribution < -0.4 is 5.32 Å². The van der Waals surface area contributed by atoms with Gasteiger partial charge in [0.1, 0.15) is 12.4 Å². The van der Waals surface area contributed by atoms with Gasteiger partial charge in [0, 0.05) is 30.9 Å². The second kappa shape index (κ2) is 6.91. The fraction of sp³-hybridized carbons (Fsp3) is 0.286.